The van der Waals surface area contributed by atoms with Gasteiger partial charge in [0.25, 0.3) is 5.56 Å². The van der Waals surface area contributed by atoms with Crippen molar-refractivity contribution in [2.45, 2.75) is 18.8 Å². The highest BCUT2D eigenvalue weighted by atomic mass is 35.5. The molecule has 0 radical (unpaired) electrons. The van der Waals surface area contributed by atoms with Crippen LogP contribution in [0, 0.1) is 0 Å². The Labute approximate surface area is 91.3 Å². The smallest absolute Gasteiger partial charge is 0.259 e. The van der Waals surface area contributed by atoms with Crippen LogP contribution >= 0.6 is 11.6 Å². The van der Waals surface area contributed by atoms with Crippen molar-refractivity contribution in [3.63, 3.8) is 0 Å². The minimum atomic E-state index is -0.132. The van der Waals surface area contributed by atoms with Crippen molar-refractivity contribution in [2.24, 2.45) is 0 Å². The molecule has 1 fully saturated rings. The molecule has 0 unspecified atom stereocenters. The molecule has 4 heteroatoms. The van der Waals surface area contributed by atoms with Gasteiger partial charge >= 0.3 is 0 Å². The van der Waals surface area contributed by atoms with Crippen LogP contribution in [0.4, 0.5) is 0 Å². The molecule has 0 bridgehead atoms. The first-order valence-electron chi connectivity index (χ1n) is 4.93. The van der Waals surface area contributed by atoms with E-state index in [1.807, 2.05) is 12.1 Å². The molecule has 3 nitrogen and oxygen atoms in total. The molecular weight excluding hydrogens is 212 g/mol. The molecule has 1 aliphatic carbocycles. The van der Waals surface area contributed by atoms with Crippen LogP contribution in [-0.2, 0) is 0 Å². The number of fused-ring (bicyclic) bond motifs is 1. The maximum atomic E-state index is 11.5. The summed E-state index contributed by atoms with van der Waals surface area (Å²) in [6.45, 7) is 0. The summed E-state index contributed by atoms with van der Waals surface area (Å²) in [6, 6.07) is 5.26. The zero-order chi connectivity index (χ0) is 10.4. The zero-order valence-electron chi connectivity index (χ0n) is 7.98. The van der Waals surface area contributed by atoms with Crippen molar-refractivity contribution in [2.75, 3.05) is 0 Å². The van der Waals surface area contributed by atoms with E-state index in [-0.39, 0.29) is 10.7 Å². The van der Waals surface area contributed by atoms with Crippen LogP contribution in [0.3, 0.4) is 0 Å². The number of halogens is 1. The molecule has 2 heterocycles. The zero-order valence-corrected chi connectivity index (χ0v) is 8.74. The van der Waals surface area contributed by atoms with E-state index in [0.717, 1.165) is 0 Å². The highest BCUT2D eigenvalue weighted by Crippen LogP contribution is 2.39. The Morgan fingerprint density at radius 3 is 2.93 bits per heavy atom. The first-order valence-corrected chi connectivity index (χ1v) is 5.31. The summed E-state index contributed by atoms with van der Waals surface area (Å²) >= 11 is 5.75. The second-order valence-corrected chi connectivity index (χ2v) is 4.27. The van der Waals surface area contributed by atoms with E-state index in [1.54, 1.807) is 6.20 Å². The van der Waals surface area contributed by atoms with Crippen molar-refractivity contribution >= 4 is 17.2 Å². The van der Waals surface area contributed by atoms with Crippen molar-refractivity contribution in [1.82, 2.24) is 9.38 Å². The standard InChI is InChI=1S/C11H9ClN2O/c12-9-6-11(15)14-4-3-8(7-1-2-7)5-10(14)13-9/h3-7H,1-2H2. The maximum Gasteiger partial charge on any atom is 0.259 e. The van der Waals surface area contributed by atoms with Gasteiger partial charge in [-0.1, -0.05) is 11.6 Å². The van der Waals surface area contributed by atoms with Crippen LogP contribution in [0.15, 0.2) is 29.2 Å². The lowest BCUT2D eigenvalue weighted by Crippen LogP contribution is -2.13. The third kappa shape index (κ3) is 1.53. The lowest BCUT2D eigenvalue weighted by atomic mass is 10.2. The second-order valence-electron chi connectivity index (χ2n) is 3.88. The average molecular weight is 221 g/mol. The predicted molar refractivity (Wildman–Crippen MR) is 58.4 cm³/mol. The summed E-state index contributed by atoms with van der Waals surface area (Å²) in [7, 11) is 0. The second kappa shape index (κ2) is 3.07. The van der Waals surface area contributed by atoms with Crippen molar-refractivity contribution in [1.29, 1.82) is 0 Å². The van der Waals surface area contributed by atoms with Crippen LogP contribution in [-0.4, -0.2) is 9.38 Å². The molecular formula is C11H9ClN2O. The van der Waals surface area contributed by atoms with Gasteiger partial charge in [-0.25, -0.2) is 4.98 Å². The molecule has 76 valence electrons. The molecule has 0 aliphatic heterocycles. The van der Waals surface area contributed by atoms with E-state index in [2.05, 4.69) is 4.98 Å². The fraction of sp³-hybridized carbons (Fsp3) is 0.273. The van der Waals surface area contributed by atoms with Gasteiger partial charge in [-0.05, 0) is 36.5 Å². The number of hydrogen-bond acceptors (Lipinski definition) is 2. The summed E-state index contributed by atoms with van der Waals surface area (Å²) in [5.74, 6) is 0.658. The molecule has 0 aromatic carbocycles. The minimum absolute atomic E-state index is 0.132. The van der Waals surface area contributed by atoms with Gasteiger partial charge in [0.05, 0.1) is 0 Å². The number of aromatic nitrogens is 2. The summed E-state index contributed by atoms with van der Waals surface area (Å²) < 4.78 is 1.51. The normalized spacial score (nSPS) is 15.8. The molecule has 0 N–H and O–H groups in total. The Hall–Kier alpha value is -1.35. The monoisotopic (exact) mass is 220 g/mol. The maximum absolute atomic E-state index is 11.5. The van der Waals surface area contributed by atoms with E-state index >= 15 is 0 Å². The Bertz CT molecular complexity index is 587. The van der Waals surface area contributed by atoms with Gasteiger partial charge in [-0.3, -0.25) is 9.20 Å². The topological polar surface area (TPSA) is 34.4 Å². The highest BCUT2D eigenvalue weighted by molar-refractivity contribution is 6.29. The number of nitrogens with zero attached hydrogens (tertiary/aromatic N) is 2. The number of pyridine rings is 1. The molecule has 0 atom stereocenters. The van der Waals surface area contributed by atoms with Gasteiger partial charge in [-0.15, -0.1) is 0 Å². The molecule has 1 saturated carbocycles. The van der Waals surface area contributed by atoms with Gasteiger partial charge in [0.15, 0.2) is 0 Å². The third-order valence-corrected chi connectivity index (χ3v) is 2.90. The fourth-order valence-electron chi connectivity index (χ4n) is 1.76. The molecule has 2 aromatic heterocycles. The van der Waals surface area contributed by atoms with E-state index in [0.29, 0.717) is 11.6 Å². The van der Waals surface area contributed by atoms with Crippen LogP contribution in [0.25, 0.3) is 5.65 Å². The summed E-state index contributed by atoms with van der Waals surface area (Å²) in [5, 5.41) is 0.257. The molecule has 0 saturated heterocycles. The lowest BCUT2D eigenvalue weighted by Gasteiger charge is -2.02. The van der Waals surface area contributed by atoms with Crippen molar-refractivity contribution in [3.8, 4) is 0 Å². The number of hydrogen-bond donors (Lipinski definition) is 0. The summed E-state index contributed by atoms with van der Waals surface area (Å²) in [6.07, 6.45) is 4.25. The quantitative estimate of drug-likeness (QED) is 0.691. The predicted octanol–water partition coefficient (Wildman–Crippen LogP) is 2.23. The average Bonchev–Trinajstić information content (AvgIpc) is 2.99. The van der Waals surface area contributed by atoms with Gasteiger partial charge in [0, 0.05) is 12.3 Å². The summed E-state index contributed by atoms with van der Waals surface area (Å²) in [5.41, 5.74) is 1.76. The Morgan fingerprint density at radius 2 is 2.20 bits per heavy atom. The van der Waals surface area contributed by atoms with Crippen LogP contribution < -0.4 is 5.56 Å². The third-order valence-electron chi connectivity index (χ3n) is 2.71. The Kier molecular flexibility index (Phi) is 1.83. The molecule has 0 amide bonds. The van der Waals surface area contributed by atoms with Crippen LogP contribution in [0.5, 0.6) is 0 Å². The molecule has 1 aliphatic rings. The van der Waals surface area contributed by atoms with Crippen molar-refractivity contribution in [3.05, 3.63) is 45.5 Å². The Balaban J connectivity index is 2.29. The van der Waals surface area contributed by atoms with Gasteiger partial charge < -0.3 is 0 Å². The summed E-state index contributed by atoms with van der Waals surface area (Å²) in [4.78, 5) is 15.7. The number of rotatable bonds is 1. The molecule has 15 heavy (non-hydrogen) atoms. The SMILES string of the molecule is O=c1cc(Cl)nc2cc(C3CC3)ccn12. The van der Waals surface area contributed by atoms with E-state index < -0.39 is 0 Å². The largest absolute Gasteiger partial charge is 0.269 e. The van der Waals surface area contributed by atoms with Gasteiger partial charge in [0.1, 0.15) is 10.8 Å². The minimum Gasteiger partial charge on any atom is -0.269 e. The van der Waals surface area contributed by atoms with Gasteiger partial charge in [-0.2, -0.15) is 0 Å². The van der Waals surface area contributed by atoms with E-state index in [4.69, 9.17) is 11.6 Å². The Morgan fingerprint density at radius 1 is 1.40 bits per heavy atom. The first-order chi connectivity index (χ1) is 7.24. The fourth-order valence-corrected chi connectivity index (χ4v) is 1.94. The molecule has 2 aromatic rings. The van der Waals surface area contributed by atoms with Crippen LogP contribution in [0.2, 0.25) is 5.15 Å². The highest BCUT2D eigenvalue weighted by Gasteiger charge is 2.23. The van der Waals surface area contributed by atoms with Crippen LogP contribution in [0.1, 0.15) is 24.3 Å². The first kappa shape index (κ1) is 8.92. The van der Waals surface area contributed by atoms with E-state index in [9.17, 15) is 4.79 Å². The van der Waals surface area contributed by atoms with E-state index in [1.165, 1.54) is 28.9 Å². The molecule has 3 rings (SSSR count). The van der Waals surface area contributed by atoms with Crippen molar-refractivity contribution < 1.29 is 0 Å². The van der Waals surface area contributed by atoms with Gasteiger partial charge in [0.2, 0.25) is 0 Å². The lowest BCUT2D eigenvalue weighted by molar-refractivity contribution is 1.02. The molecule has 0 spiro atoms.